The van der Waals surface area contributed by atoms with Gasteiger partial charge in [-0.2, -0.15) is 0 Å². The Hall–Kier alpha value is -2.24. The number of nitro groups is 1. The number of ether oxygens (including phenoxy) is 1. The van der Waals surface area contributed by atoms with Gasteiger partial charge in [-0.1, -0.05) is 0 Å². The SMILES string of the molecule is Cc1cc([N+](=O)[O-])c(C)c2c1C(=O)OC2=O. The van der Waals surface area contributed by atoms with Crippen LogP contribution < -0.4 is 0 Å². The fourth-order valence-corrected chi connectivity index (χ4v) is 1.79. The van der Waals surface area contributed by atoms with Crippen molar-refractivity contribution in [1.82, 2.24) is 0 Å². The third-order valence-corrected chi connectivity index (χ3v) is 2.55. The molecule has 0 radical (unpaired) electrons. The first-order valence-electron chi connectivity index (χ1n) is 4.48. The highest BCUT2D eigenvalue weighted by molar-refractivity contribution is 6.16. The lowest BCUT2D eigenvalue weighted by molar-refractivity contribution is -0.385. The number of hydrogen-bond donors (Lipinski definition) is 0. The summed E-state index contributed by atoms with van der Waals surface area (Å²) >= 11 is 0. The van der Waals surface area contributed by atoms with E-state index in [0.717, 1.165) is 0 Å². The summed E-state index contributed by atoms with van der Waals surface area (Å²) in [6, 6.07) is 1.27. The van der Waals surface area contributed by atoms with Gasteiger partial charge in [-0.15, -0.1) is 0 Å². The van der Waals surface area contributed by atoms with Crippen molar-refractivity contribution in [2.75, 3.05) is 0 Å². The zero-order valence-electron chi connectivity index (χ0n) is 8.57. The van der Waals surface area contributed by atoms with Crippen molar-refractivity contribution in [2.24, 2.45) is 0 Å². The number of fused-ring (bicyclic) bond motifs is 1. The molecule has 1 aromatic carbocycles. The Bertz CT molecular complexity index is 547. The molecule has 0 N–H and O–H groups in total. The van der Waals surface area contributed by atoms with E-state index in [-0.39, 0.29) is 22.4 Å². The largest absolute Gasteiger partial charge is 0.386 e. The van der Waals surface area contributed by atoms with Crippen LogP contribution in [0.1, 0.15) is 31.8 Å². The third-order valence-electron chi connectivity index (χ3n) is 2.55. The molecule has 1 aliphatic heterocycles. The summed E-state index contributed by atoms with van der Waals surface area (Å²) < 4.78 is 4.43. The van der Waals surface area contributed by atoms with Crippen LogP contribution in [0.4, 0.5) is 5.69 Å². The first-order valence-corrected chi connectivity index (χ1v) is 4.48. The van der Waals surface area contributed by atoms with Gasteiger partial charge in [0, 0.05) is 11.6 Å². The smallest absolute Gasteiger partial charge is 0.347 e. The van der Waals surface area contributed by atoms with Gasteiger partial charge in [-0.05, 0) is 19.4 Å². The topological polar surface area (TPSA) is 86.5 Å². The van der Waals surface area contributed by atoms with Crippen LogP contribution in [0.25, 0.3) is 0 Å². The van der Waals surface area contributed by atoms with Crippen LogP contribution in [-0.2, 0) is 4.74 Å². The van der Waals surface area contributed by atoms with E-state index < -0.39 is 16.9 Å². The first kappa shape index (κ1) is 10.3. The monoisotopic (exact) mass is 221 g/mol. The van der Waals surface area contributed by atoms with E-state index in [1.807, 2.05) is 0 Å². The van der Waals surface area contributed by atoms with Crippen LogP contribution in [0, 0.1) is 24.0 Å². The molecular formula is C10H7NO5. The molecule has 6 heteroatoms. The summed E-state index contributed by atoms with van der Waals surface area (Å²) in [5.41, 5.74) is 0.511. The molecular weight excluding hydrogens is 214 g/mol. The molecule has 0 saturated carbocycles. The molecule has 2 rings (SSSR count). The molecule has 6 nitrogen and oxygen atoms in total. The lowest BCUT2D eigenvalue weighted by Gasteiger charge is -2.03. The molecule has 0 saturated heterocycles. The third kappa shape index (κ3) is 1.19. The maximum Gasteiger partial charge on any atom is 0.347 e. The summed E-state index contributed by atoms with van der Waals surface area (Å²) in [5, 5.41) is 10.7. The van der Waals surface area contributed by atoms with Crippen LogP contribution in [0.5, 0.6) is 0 Å². The predicted octanol–water partition coefficient (Wildman–Crippen LogP) is 1.52. The number of esters is 2. The Balaban J connectivity index is 2.84. The number of hydrogen-bond acceptors (Lipinski definition) is 5. The highest BCUT2D eigenvalue weighted by Crippen LogP contribution is 2.32. The standard InChI is InChI=1S/C10H7NO5/c1-4-3-6(11(14)15)5(2)8-7(4)9(12)16-10(8)13/h3H,1-2H3. The molecule has 1 heterocycles. The Morgan fingerprint density at radius 3 is 2.31 bits per heavy atom. The number of aryl methyl sites for hydroxylation is 1. The lowest BCUT2D eigenvalue weighted by Crippen LogP contribution is -2.03. The molecule has 1 aromatic rings. The van der Waals surface area contributed by atoms with E-state index in [4.69, 9.17) is 0 Å². The van der Waals surface area contributed by atoms with Crippen LogP contribution in [0.15, 0.2) is 6.07 Å². The van der Waals surface area contributed by atoms with Crippen molar-refractivity contribution >= 4 is 17.6 Å². The van der Waals surface area contributed by atoms with Gasteiger partial charge < -0.3 is 4.74 Å². The lowest BCUT2D eigenvalue weighted by atomic mass is 9.97. The Morgan fingerprint density at radius 1 is 1.19 bits per heavy atom. The molecule has 0 unspecified atom stereocenters. The van der Waals surface area contributed by atoms with Crippen molar-refractivity contribution in [3.05, 3.63) is 38.4 Å². The van der Waals surface area contributed by atoms with Crippen LogP contribution in [-0.4, -0.2) is 16.9 Å². The Morgan fingerprint density at radius 2 is 1.75 bits per heavy atom. The summed E-state index contributed by atoms with van der Waals surface area (Å²) in [5.74, 6) is -1.56. The fraction of sp³-hybridized carbons (Fsp3) is 0.200. The van der Waals surface area contributed by atoms with Gasteiger partial charge in [0.15, 0.2) is 0 Å². The molecule has 0 amide bonds. The normalized spacial score (nSPS) is 13.6. The number of rotatable bonds is 1. The zero-order valence-corrected chi connectivity index (χ0v) is 8.57. The van der Waals surface area contributed by atoms with Gasteiger partial charge >= 0.3 is 11.9 Å². The second kappa shape index (κ2) is 3.13. The van der Waals surface area contributed by atoms with Crippen molar-refractivity contribution in [2.45, 2.75) is 13.8 Å². The van der Waals surface area contributed by atoms with Crippen molar-refractivity contribution in [3.8, 4) is 0 Å². The highest BCUT2D eigenvalue weighted by atomic mass is 16.6. The molecule has 0 spiro atoms. The van der Waals surface area contributed by atoms with Crippen molar-refractivity contribution in [1.29, 1.82) is 0 Å². The number of carbonyl (C=O) groups is 2. The minimum absolute atomic E-state index is 0.0108. The second-order valence-electron chi connectivity index (χ2n) is 3.52. The molecule has 0 bridgehead atoms. The van der Waals surface area contributed by atoms with Gasteiger partial charge in [0.2, 0.25) is 0 Å². The van der Waals surface area contributed by atoms with Gasteiger partial charge in [-0.25, -0.2) is 9.59 Å². The van der Waals surface area contributed by atoms with Gasteiger partial charge in [-0.3, -0.25) is 10.1 Å². The number of cyclic esters (lactones) is 2. The van der Waals surface area contributed by atoms with E-state index >= 15 is 0 Å². The maximum absolute atomic E-state index is 11.4. The summed E-state index contributed by atoms with van der Waals surface area (Å²) in [4.78, 5) is 32.8. The van der Waals surface area contributed by atoms with Crippen LogP contribution in [0.3, 0.4) is 0 Å². The minimum atomic E-state index is -0.815. The minimum Gasteiger partial charge on any atom is -0.386 e. The molecule has 0 atom stereocenters. The van der Waals surface area contributed by atoms with Crippen molar-refractivity contribution < 1.29 is 19.2 Å². The Kier molecular flexibility index (Phi) is 2.01. The van der Waals surface area contributed by atoms with Gasteiger partial charge in [0.25, 0.3) is 5.69 Å². The highest BCUT2D eigenvalue weighted by Gasteiger charge is 2.36. The van der Waals surface area contributed by atoms with Crippen LogP contribution >= 0.6 is 0 Å². The predicted molar refractivity (Wildman–Crippen MR) is 52.3 cm³/mol. The molecule has 1 aliphatic rings. The fourth-order valence-electron chi connectivity index (χ4n) is 1.79. The summed E-state index contributed by atoms with van der Waals surface area (Å²) in [7, 11) is 0. The van der Waals surface area contributed by atoms with Crippen LogP contribution in [0.2, 0.25) is 0 Å². The molecule has 0 fully saturated rings. The average Bonchev–Trinajstić information content (AvgIpc) is 2.48. The summed E-state index contributed by atoms with van der Waals surface area (Å²) in [6.45, 7) is 2.96. The van der Waals surface area contributed by atoms with E-state index in [9.17, 15) is 19.7 Å². The molecule has 16 heavy (non-hydrogen) atoms. The van der Waals surface area contributed by atoms with Gasteiger partial charge in [0.1, 0.15) is 0 Å². The second-order valence-corrected chi connectivity index (χ2v) is 3.52. The Labute approximate surface area is 90.0 Å². The number of benzene rings is 1. The number of nitrogens with zero attached hydrogens (tertiary/aromatic N) is 1. The van der Waals surface area contributed by atoms with E-state index in [0.29, 0.717) is 5.56 Å². The molecule has 0 aromatic heterocycles. The van der Waals surface area contributed by atoms with E-state index in [2.05, 4.69) is 4.74 Å². The van der Waals surface area contributed by atoms with Crippen molar-refractivity contribution in [3.63, 3.8) is 0 Å². The molecule has 0 aliphatic carbocycles. The average molecular weight is 221 g/mol. The number of carbonyl (C=O) groups excluding carboxylic acids is 2. The summed E-state index contributed by atoms with van der Waals surface area (Å²) in [6.07, 6.45) is 0. The van der Waals surface area contributed by atoms with E-state index in [1.54, 1.807) is 0 Å². The molecule has 82 valence electrons. The van der Waals surface area contributed by atoms with E-state index in [1.165, 1.54) is 19.9 Å². The maximum atomic E-state index is 11.4. The van der Waals surface area contributed by atoms with Gasteiger partial charge in [0.05, 0.1) is 16.1 Å². The first-order chi connectivity index (χ1) is 7.43. The zero-order chi connectivity index (χ0) is 12.0. The quantitative estimate of drug-likeness (QED) is 0.310. The number of nitro benzene ring substituents is 1.